The average molecular weight is 447 g/mol. The number of nitrogens with zero attached hydrogens (tertiary/aromatic N) is 5. The lowest BCUT2D eigenvalue weighted by atomic mass is 9.93. The standard InChI is InChI=1S/C17H13N5O10/c1-31-15(23)11-12(16(24)32-2)19-8-7-9-5-3-4-6-10(9)14(19)18-13(11)17(20(25)26,21(27)28)22(29)30/h3-8,14H,1-2H3. The van der Waals surface area contributed by atoms with Gasteiger partial charge in [-0.05, 0) is 11.6 Å². The largest absolute Gasteiger partial charge is 0.746 e. The van der Waals surface area contributed by atoms with Gasteiger partial charge >= 0.3 is 17.7 Å². The maximum absolute atomic E-state index is 12.6. The minimum atomic E-state index is -4.30. The number of carbonyl (C=O) groups excluding carboxylic acids is 2. The first kappa shape index (κ1) is 22.0. The van der Waals surface area contributed by atoms with Gasteiger partial charge in [0.05, 0.1) is 14.2 Å². The van der Waals surface area contributed by atoms with Gasteiger partial charge in [-0.15, -0.1) is 0 Å². The van der Waals surface area contributed by atoms with Crippen molar-refractivity contribution in [3.05, 3.63) is 83.2 Å². The molecule has 0 saturated heterocycles. The highest BCUT2D eigenvalue weighted by Gasteiger charge is 2.78. The lowest BCUT2D eigenvalue weighted by molar-refractivity contribution is -0.944. The zero-order chi connectivity index (χ0) is 23.8. The van der Waals surface area contributed by atoms with Crippen LogP contribution in [0.2, 0.25) is 0 Å². The third kappa shape index (κ3) is 2.94. The van der Waals surface area contributed by atoms with E-state index in [9.17, 15) is 39.9 Å². The van der Waals surface area contributed by atoms with E-state index >= 15 is 0 Å². The van der Waals surface area contributed by atoms with Crippen LogP contribution in [-0.4, -0.2) is 57.3 Å². The number of fused-ring (bicyclic) bond motifs is 3. The van der Waals surface area contributed by atoms with Crippen LogP contribution in [0.5, 0.6) is 0 Å². The number of rotatable bonds is 6. The van der Waals surface area contributed by atoms with Crippen molar-refractivity contribution < 1.29 is 33.8 Å². The first-order valence-corrected chi connectivity index (χ1v) is 8.61. The molecule has 1 atom stereocenters. The van der Waals surface area contributed by atoms with Crippen LogP contribution in [0.25, 0.3) is 6.08 Å². The minimum Gasteiger partial charge on any atom is -0.465 e. The van der Waals surface area contributed by atoms with Gasteiger partial charge in [-0.3, -0.25) is 30.3 Å². The second kappa shape index (κ2) is 7.86. The van der Waals surface area contributed by atoms with E-state index in [4.69, 9.17) is 0 Å². The molecule has 3 rings (SSSR count). The van der Waals surface area contributed by atoms with Gasteiger partial charge < -0.3 is 14.4 Å². The van der Waals surface area contributed by atoms with E-state index in [1.165, 1.54) is 18.3 Å². The molecule has 0 amide bonds. The molecule has 0 radical (unpaired) electrons. The predicted molar refractivity (Wildman–Crippen MR) is 102 cm³/mol. The molecule has 15 nitrogen and oxygen atoms in total. The molecule has 0 N–H and O–H groups in total. The van der Waals surface area contributed by atoms with Gasteiger partial charge in [-0.25, -0.2) is 14.6 Å². The first-order valence-electron chi connectivity index (χ1n) is 8.61. The van der Waals surface area contributed by atoms with E-state index in [1.54, 1.807) is 18.2 Å². The molecule has 2 heterocycles. The van der Waals surface area contributed by atoms with Crippen LogP contribution in [0.15, 0.2) is 46.7 Å². The number of hydrogen-bond acceptors (Lipinski definition) is 12. The second-order valence-corrected chi connectivity index (χ2v) is 6.32. The molecule has 1 aromatic rings. The molecule has 0 aliphatic carbocycles. The summed E-state index contributed by atoms with van der Waals surface area (Å²) in [6, 6.07) is 6.34. The fraction of sp³-hybridized carbons (Fsp3) is 0.235. The monoisotopic (exact) mass is 447 g/mol. The summed E-state index contributed by atoms with van der Waals surface area (Å²) < 4.78 is 9.17. The van der Waals surface area contributed by atoms with Crippen molar-refractivity contribution in [2.24, 2.45) is 4.99 Å². The van der Waals surface area contributed by atoms with Crippen molar-refractivity contribution in [3.63, 3.8) is 0 Å². The molecule has 15 heteroatoms. The van der Waals surface area contributed by atoms with E-state index in [0.29, 0.717) is 11.1 Å². The highest BCUT2D eigenvalue weighted by Crippen LogP contribution is 2.41. The van der Waals surface area contributed by atoms with Gasteiger partial charge in [0.1, 0.15) is 11.3 Å². The van der Waals surface area contributed by atoms with Crippen LogP contribution in [0, 0.1) is 30.3 Å². The van der Waals surface area contributed by atoms with Crippen molar-refractivity contribution in [1.82, 2.24) is 4.90 Å². The van der Waals surface area contributed by atoms with E-state index in [-0.39, 0.29) is 0 Å². The van der Waals surface area contributed by atoms with Crippen LogP contribution in [0.4, 0.5) is 0 Å². The summed E-state index contributed by atoms with van der Waals surface area (Å²) in [5.41, 5.74) is -2.52. The predicted octanol–water partition coefficient (Wildman–Crippen LogP) is 0.510. The van der Waals surface area contributed by atoms with Gasteiger partial charge in [0, 0.05) is 11.8 Å². The topological polar surface area (TPSA) is 198 Å². The Hall–Kier alpha value is -4.69. The van der Waals surface area contributed by atoms with Crippen LogP contribution >= 0.6 is 0 Å². The van der Waals surface area contributed by atoms with Gasteiger partial charge in [0.2, 0.25) is 0 Å². The summed E-state index contributed by atoms with van der Waals surface area (Å²) >= 11 is 0. The number of ether oxygens (including phenoxy) is 2. The zero-order valence-electron chi connectivity index (χ0n) is 16.4. The molecule has 0 aromatic heterocycles. The Bertz CT molecular complexity index is 1120. The normalized spacial score (nSPS) is 17.0. The molecule has 2 aliphatic rings. The molecule has 2 aliphatic heterocycles. The number of methoxy groups -OCH3 is 2. The summed E-state index contributed by atoms with van der Waals surface area (Å²) in [6.45, 7) is 0. The molecule has 0 spiro atoms. The highest BCUT2D eigenvalue weighted by atomic mass is 16.7. The van der Waals surface area contributed by atoms with Crippen molar-refractivity contribution in [3.8, 4) is 0 Å². The number of carbonyl (C=O) groups is 2. The fourth-order valence-corrected chi connectivity index (χ4v) is 3.36. The van der Waals surface area contributed by atoms with Gasteiger partial charge in [-0.2, -0.15) is 0 Å². The zero-order valence-corrected chi connectivity index (χ0v) is 16.4. The number of aliphatic imine (C=N–C) groups is 1. The molecule has 0 bridgehead atoms. The molecule has 1 aromatic carbocycles. The Kier molecular flexibility index (Phi) is 5.40. The summed E-state index contributed by atoms with van der Waals surface area (Å²) in [5, 5.41) is 35.2. The first-order chi connectivity index (χ1) is 15.1. The van der Waals surface area contributed by atoms with E-state index in [0.717, 1.165) is 19.1 Å². The summed E-state index contributed by atoms with van der Waals surface area (Å²) in [7, 11) is 1.75. The highest BCUT2D eigenvalue weighted by molar-refractivity contribution is 6.26. The maximum Gasteiger partial charge on any atom is 0.746 e. The van der Waals surface area contributed by atoms with Crippen LogP contribution in [0.3, 0.4) is 0 Å². The number of esters is 2. The van der Waals surface area contributed by atoms with Crippen molar-refractivity contribution in [2.75, 3.05) is 14.2 Å². The molecule has 0 fully saturated rings. The number of hydrogen-bond donors (Lipinski definition) is 0. The van der Waals surface area contributed by atoms with Crippen molar-refractivity contribution in [1.29, 1.82) is 0 Å². The average Bonchev–Trinajstić information content (AvgIpc) is 2.76. The quantitative estimate of drug-likeness (QED) is 0.255. The summed E-state index contributed by atoms with van der Waals surface area (Å²) in [5.74, 6) is -7.05. The third-order valence-corrected chi connectivity index (χ3v) is 4.79. The van der Waals surface area contributed by atoms with E-state index in [1.807, 2.05) is 0 Å². The summed E-state index contributed by atoms with van der Waals surface area (Å²) in [6.07, 6.45) is 1.42. The molecule has 0 saturated carbocycles. The van der Waals surface area contributed by atoms with Crippen LogP contribution < -0.4 is 0 Å². The van der Waals surface area contributed by atoms with Crippen LogP contribution in [-0.2, 0) is 19.1 Å². The smallest absolute Gasteiger partial charge is 0.465 e. The van der Waals surface area contributed by atoms with Crippen molar-refractivity contribution >= 4 is 23.7 Å². The molecule has 166 valence electrons. The molecular formula is C17H13N5O10. The Morgan fingerprint density at radius 3 is 2.09 bits per heavy atom. The van der Waals surface area contributed by atoms with Crippen molar-refractivity contribution in [2.45, 2.75) is 12.0 Å². The second-order valence-electron chi connectivity index (χ2n) is 6.32. The lowest BCUT2D eigenvalue weighted by Crippen LogP contribution is -2.62. The lowest BCUT2D eigenvalue weighted by Gasteiger charge is -2.36. The van der Waals surface area contributed by atoms with Crippen LogP contribution in [0.1, 0.15) is 17.3 Å². The Balaban J connectivity index is 2.49. The Morgan fingerprint density at radius 1 is 1.00 bits per heavy atom. The minimum absolute atomic E-state index is 0.307. The van der Waals surface area contributed by atoms with Gasteiger partial charge in [0.15, 0.2) is 20.9 Å². The van der Waals surface area contributed by atoms with Gasteiger partial charge in [0.25, 0.3) is 5.71 Å². The van der Waals surface area contributed by atoms with E-state index in [2.05, 4.69) is 14.5 Å². The molecule has 32 heavy (non-hydrogen) atoms. The fourth-order valence-electron chi connectivity index (χ4n) is 3.36. The SMILES string of the molecule is COC(=O)C1=C(C(=O)OC)N2C=Cc3ccccc3C2N=C1C([N+](=O)[O-])([N+](=O)[O-])[N+](=O)[O-]. The molecular weight excluding hydrogens is 434 g/mol. The van der Waals surface area contributed by atoms with Gasteiger partial charge in [-0.1, -0.05) is 24.3 Å². The Labute approximate surface area is 177 Å². The molecule has 1 unspecified atom stereocenters. The Morgan fingerprint density at radius 2 is 1.56 bits per heavy atom. The number of nitro groups is 3. The summed E-state index contributed by atoms with van der Waals surface area (Å²) in [4.78, 5) is 59.9. The van der Waals surface area contributed by atoms with E-state index < -0.39 is 55.6 Å². The third-order valence-electron chi connectivity index (χ3n) is 4.79. The number of benzene rings is 1. The maximum atomic E-state index is 12.6.